The first-order chi connectivity index (χ1) is 12.2. The molecule has 0 saturated carbocycles. The van der Waals surface area contributed by atoms with Crippen molar-refractivity contribution in [2.24, 2.45) is 0 Å². The number of hydrogen-bond acceptors (Lipinski definition) is 0. The lowest BCUT2D eigenvalue weighted by atomic mass is 10.1. The van der Waals surface area contributed by atoms with Gasteiger partial charge >= 0.3 is 0 Å². The molecule has 0 radical (unpaired) electrons. The second-order valence-electron chi connectivity index (χ2n) is 6.19. The Morgan fingerprint density at radius 3 is 2.40 bits per heavy atom. The van der Waals surface area contributed by atoms with Crippen LogP contribution in [0.15, 0.2) is 83.3 Å². The van der Waals surface area contributed by atoms with Crippen LogP contribution in [-0.2, 0) is 0 Å². The van der Waals surface area contributed by atoms with Gasteiger partial charge in [0, 0.05) is 24.5 Å². The van der Waals surface area contributed by atoms with Gasteiger partial charge in [0.25, 0.3) is 0 Å². The molecule has 0 amide bonds. The van der Waals surface area contributed by atoms with Crippen LogP contribution in [0.5, 0.6) is 0 Å². The van der Waals surface area contributed by atoms with Crippen LogP contribution >= 0.6 is 38.5 Å². The summed E-state index contributed by atoms with van der Waals surface area (Å²) in [5, 5.41) is 5.10. The van der Waals surface area contributed by atoms with Crippen molar-refractivity contribution in [2.45, 2.75) is 0 Å². The van der Waals surface area contributed by atoms with Crippen LogP contribution in [0.3, 0.4) is 0 Å². The Kier molecular flexibility index (Phi) is 3.61. The van der Waals surface area contributed by atoms with E-state index in [4.69, 9.17) is 0 Å². The topological polar surface area (TPSA) is 4.93 Å². The van der Waals surface area contributed by atoms with E-state index >= 15 is 0 Å². The van der Waals surface area contributed by atoms with Crippen LogP contribution < -0.4 is 0 Å². The predicted molar refractivity (Wildman–Crippen MR) is 119 cm³/mol. The zero-order valence-corrected chi connectivity index (χ0v) is 17.0. The molecule has 0 unspecified atom stereocenters. The second kappa shape index (κ2) is 5.85. The maximum Gasteiger partial charge on any atom is 0.0552 e. The van der Waals surface area contributed by atoms with Crippen LogP contribution in [0.25, 0.3) is 38.3 Å². The summed E-state index contributed by atoms with van der Waals surface area (Å²) in [7, 11) is 0. The van der Waals surface area contributed by atoms with Gasteiger partial charge in [0.15, 0.2) is 0 Å². The third kappa shape index (κ3) is 2.49. The summed E-state index contributed by atoms with van der Waals surface area (Å²) in [6.45, 7) is 0. The summed E-state index contributed by atoms with van der Waals surface area (Å²) >= 11 is 6.02. The molecule has 25 heavy (non-hydrogen) atoms. The molecule has 5 aromatic rings. The van der Waals surface area contributed by atoms with Crippen LogP contribution in [-0.4, -0.2) is 4.57 Å². The molecule has 0 aliphatic carbocycles. The molecule has 5 rings (SSSR count). The first kappa shape index (κ1) is 15.4. The standard InChI is InChI=1S/C22H13BrIN/c23-16-6-9-19-20-13-17(24)7-10-21(20)25(22(19)12-16)18-8-5-14-3-1-2-4-15(14)11-18/h1-13H. The molecule has 0 saturated heterocycles. The van der Waals surface area contributed by atoms with Crippen LogP contribution in [0.2, 0.25) is 0 Å². The number of aromatic nitrogens is 1. The van der Waals surface area contributed by atoms with Crippen molar-refractivity contribution in [1.29, 1.82) is 0 Å². The third-order valence-corrected chi connectivity index (χ3v) is 5.85. The zero-order chi connectivity index (χ0) is 17.0. The molecule has 1 aromatic heterocycles. The number of rotatable bonds is 1. The Labute approximate surface area is 167 Å². The zero-order valence-electron chi connectivity index (χ0n) is 13.2. The molecule has 0 atom stereocenters. The van der Waals surface area contributed by atoms with Crippen molar-refractivity contribution in [3.05, 3.63) is 86.9 Å². The van der Waals surface area contributed by atoms with Crippen molar-refractivity contribution in [2.75, 3.05) is 0 Å². The van der Waals surface area contributed by atoms with Gasteiger partial charge in [-0.25, -0.2) is 0 Å². The van der Waals surface area contributed by atoms with Gasteiger partial charge in [-0.3, -0.25) is 0 Å². The number of fused-ring (bicyclic) bond motifs is 4. The van der Waals surface area contributed by atoms with E-state index in [0.29, 0.717) is 0 Å². The second-order valence-corrected chi connectivity index (χ2v) is 8.35. The van der Waals surface area contributed by atoms with Crippen molar-refractivity contribution >= 4 is 71.1 Å². The Bertz CT molecular complexity index is 1270. The van der Waals surface area contributed by atoms with Gasteiger partial charge in [-0.2, -0.15) is 0 Å². The Hall–Kier alpha value is -1.85. The molecule has 4 aromatic carbocycles. The molecule has 0 fully saturated rings. The first-order valence-electron chi connectivity index (χ1n) is 8.09. The lowest BCUT2D eigenvalue weighted by Gasteiger charge is -2.09. The molecular formula is C22H13BrIN. The van der Waals surface area contributed by atoms with E-state index in [0.717, 1.165) is 4.47 Å². The summed E-state index contributed by atoms with van der Waals surface area (Å²) in [6, 6.07) is 28.4. The molecule has 0 aliphatic heterocycles. The van der Waals surface area contributed by atoms with Gasteiger partial charge in [-0.15, -0.1) is 0 Å². The minimum Gasteiger partial charge on any atom is -0.309 e. The molecule has 0 spiro atoms. The number of hydrogen-bond donors (Lipinski definition) is 0. The van der Waals surface area contributed by atoms with Crippen molar-refractivity contribution in [1.82, 2.24) is 4.57 Å². The van der Waals surface area contributed by atoms with E-state index in [1.807, 2.05) is 0 Å². The van der Waals surface area contributed by atoms with E-state index in [-0.39, 0.29) is 0 Å². The summed E-state index contributed by atoms with van der Waals surface area (Å²) in [4.78, 5) is 0. The molecule has 1 nitrogen and oxygen atoms in total. The lowest BCUT2D eigenvalue weighted by molar-refractivity contribution is 1.18. The van der Waals surface area contributed by atoms with E-state index in [1.165, 1.54) is 41.8 Å². The highest BCUT2D eigenvalue weighted by molar-refractivity contribution is 14.1. The molecule has 120 valence electrons. The van der Waals surface area contributed by atoms with Crippen molar-refractivity contribution in [3.8, 4) is 5.69 Å². The molecule has 0 bridgehead atoms. The highest BCUT2D eigenvalue weighted by Crippen LogP contribution is 2.35. The highest BCUT2D eigenvalue weighted by atomic mass is 127. The van der Waals surface area contributed by atoms with Gasteiger partial charge in [0.05, 0.1) is 11.0 Å². The number of benzene rings is 4. The summed E-state index contributed by atoms with van der Waals surface area (Å²) in [5.41, 5.74) is 3.66. The van der Waals surface area contributed by atoms with Gasteiger partial charge < -0.3 is 4.57 Å². The fourth-order valence-electron chi connectivity index (χ4n) is 3.56. The van der Waals surface area contributed by atoms with E-state index < -0.39 is 0 Å². The first-order valence-corrected chi connectivity index (χ1v) is 9.96. The van der Waals surface area contributed by atoms with Crippen LogP contribution in [0.1, 0.15) is 0 Å². The normalized spacial score (nSPS) is 11.6. The summed E-state index contributed by atoms with van der Waals surface area (Å²) in [5.74, 6) is 0. The Morgan fingerprint density at radius 2 is 1.52 bits per heavy atom. The fourth-order valence-corrected chi connectivity index (χ4v) is 4.40. The fraction of sp³-hybridized carbons (Fsp3) is 0. The third-order valence-electron chi connectivity index (χ3n) is 4.68. The molecule has 1 heterocycles. The monoisotopic (exact) mass is 497 g/mol. The smallest absolute Gasteiger partial charge is 0.0552 e. The average molecular weight is 498 g/mol. The lowest BCUT2D eigenvalue weighted by Crippen LogP contribution is -1.93. The van der Waals surface area contributed by atoms with E-state index in [2.05, 4.69) is 122 Å². The van der Waals surface area contributed by atoms with Gasteiger partial charge in [-0.05, 0) is 75.8 Å². The molecular weight excluding hydrogens is 485 g/mol. The van der Waals surface area contributed by atoms with Gasteiger partial charge in [-0.1, -0.05) is 52.3 Å². The Balaban J connectivity index is 1.93. The van der Waals surface area contributed by atoms with Crippen molar-refractivity contribution in [3.63, 3.8) is 0 Å². The SMILES string of the molecule is Brc1ccc2c3cc(I)ccc3n(-c3ccc4ccccc4c3)c2c1. The van der Waals surface area contributed by atoms with E-state index in [1.54, 1.807) is 0 Å². The maximum atomic E-state index is 3.64. The largest absolute Gasteiger partial charge is 0.309 e. The molecule has 3 heteroatoms. The molecule has 0 N–H and O–H groups in total. The number of halogens is 2. The van der Waals surface area contributed by atoms with Crippen LogP contribution in [0.4, 0.5) is 0 Å². The minimum absolute atomic E-state index is 1.10. The predicted octanol–water partition coefficient (Wildman–Crippen LogP) is 7.30. The number of nitrogens with zero attached hydrogens (tertiary/aromatic N) is 1. The summed E-state index contributed by atoms with van der Waals surface area (Å²) < 4.78 is 4.71. The summed E-state index contributed by atoms with van der Waals surface area (Å²) in [6.07, 6.45) is 0. The quantitative estimate of drug-likeness (QED) is 0.214. The average Bonchev–Trinajstić information content (AvgIpc) is 2.94. The van der Waals surface area contributed by atoms with Crippen molar-refractivity contribution < 1.29 is 0 Å². The van der Waals surface area contributed by atoms with E-state index in [9.17, 15) is 0 Å². The molecule has 0 aliphatic rings. The Morgan fingerprint density at radius 1 is 0.680 bits per heavy atom. The maximum absolute atomic E-state index is 3.64. The van der Waals surface area contributed by atoms with Gasteiger partial charge in [0.2, 0.25) is 0 Å². The van der Waals surface area contributed by atoms with Gasteiger partial charge in [0.1, 0.15) is 0 Å². The highest BCUT2D eigenvalue weighted by Gasteiger charge is 2.13. The minimum atomic E-state index is 1.10. The van der Waals surface area contributed by atoms with Crippen LogP contribution in [0, 0.1) is 3.57 Å².